The molecule has 2 N–H and O–H groups in total. The van der Waals surface area contributed by atoms with Crippen molar-refractivity contribution in [3.8, 4) is 17.3 Å². The molecule has 3 aromatic heterocycles. The number of hydrogen-bond donors (Lipinski definition) is 2. The van der Waals surface area contributed by atoms with Gasteiger partial charge in [-0.15, -0.1) is 0 Å². The molecule has 4 rings (SSSR count). The lowest BCUT2D eigenvalue weighted by Gasteiger charge is -2.21. The number of aromatic nitrogens is 5. The standard InChI is InChI=1S/C23H28N8O3/c1-23(2,3)34-22(33)29-28-21(32)30-11-9-17-19(25-14-26-20(17)30)16-12-27-31(13-16)18(8-10-24)15-6-4-5-7-15/h9,11-15,18H,4-8H2,1-3H3,(H,28,32)(H,29,33). The number of amides is 2. The molecule has 0 aromatic carbocycles. The summed E-state index contributed by atoms with van der Waals surface area (Å²) >= 11 is 0. The molecule has 1 aliphatic rings. The van der Waals surface area contributed by atoms with Crippen LogP contribution < -0.4 is 10.9 Å². The third-order valence-corrected chi connectivity index (χ3v) is 5.83. The van der Waals surface area contributed by atoms with Crippen LogP contribution in [0.5, 0.6) is 0 Å². The highest BCUT2D eigenvalue weighted by Crippen LogP contribution is 2.36. The van der Waals surface area contributed by atoms with Crippen molar-refractivity contribution in [1.29, 1.82) is 5.26 Å². The van der Waals surface area contributed by atoms with Crippen LogP contribution in [0.25, 0.3) is 22.3 Å². The maximum atomic E-state index is 12.6. The zero-order chi connectivity index (χ0) is 24.3. The fourth-order valence-corrected chi connectivity index (χ4v) is 4.37. The summed E-state index contributed by atoms with van der Waals surface area (Å²) in [7, 11) is 0. The first-order valence-corrected chi connectivity index (χ1v) is 11.3. The maximum absolute atomic E-state index is 12.6. The third-order valence-electron chi connectivity index (χ3n) is 5.83. The predicted molar refractivity (Wildman–Crippen MR) is 123 cm³/mol. The van der Waals surface area contributed by atoms with Gasteiger partial charge in [0.05, 0.1) is 30.4 Å². The number of fused-ring (bicyclic) bond motifs is 1. The lowest BCUT2D eigenvalue weighted by molar-refractivity contribution is 0.0505. The summed E-state index contributed by atoms with van der Waals surface area (Å²) in [5.41, 5.74) is 5.64. The van der Waals surface area contributed by atoms with Gasteiger partial charge in [-0.3, -0.25) is 9.25 Å². The van der Waals surface area contributed by atoms with Gasteiger partial charge in [0.2, 0.25) is 0 Å². The van der Waals surface area contributed by atoms with E-state index in [1.54, 1.807) is 39.2 Å². The first-order chi connectivity index (χ1) is 16.3. The van der Waals surface area contributed by atoms with Crippen LogP contribution in [0.15, 0.2) is 31.0 Å². The monoisotopic (exact) mass is 464 g/mol. The van der Waals surface area contributed by atoms with Crippen LogP contribution in [0.4, 0.5) is 9.59 Å². The topological polar surface area (TPSA) is 140 Å². The summed E-state index contributed by atoms with van der Waals surface area (Å²) in [6.45, 7) is 5.18. The van der Waals surface area contributed by atoms with Crippen LogP contribution in [0.3, 0.4) is 0 Å². The third kappa shape index (κ3) is 5.01. The molecule has 1 aliphatic carbocycles. The molecular formula is C23H28N8O3. The molecule has 2 amide bonds. The molecule has 0 spiro atoms. The smallest absolute Gasteiger partial charge is 0.426 e. The fraction of sp³-hybridized carbons (Fsp3) is 0.478. The van der Waals surface area contributed by atoms with Crippen molar-refractivity contribution in [2.45, 2.75) is 64.5 Å². The largest absolute Gasteiger partial charge is 0.443 e. The van der Waals surface area contributed by atoms with Gasteiger partial charge >= 0.3 is 12.1 Å². The van der Waals surface area contributed by atoms with Crippen LogP contribution >= 0.6 is 0 Å². The van der Waals surface area contributed by atoms with Crippen molar-refractivity contribution in [2.24, 2.45) is 5.92 Å². The van der Waals surface area contributed by atoms with Crippen LogP contribution in [0.2, 0.25) is 0 Å². The molecule has 1 unspecified atom stereocenters. The average molecular weight is 465 g/mol. The van der Waals surface area contributed by atoms with Crippen LogP contribution in [0.1, 0.15) is 58.9 Å². The van der Waals surface area contributed by atoms with E-state index in [1.807, 2.05) is 10.9 Å². The van der Waals surface area contributed by atoms with Crippen LogP contribution in [0, 0.1) is 17.2 Å². The van der Waals surface area contributed by atoms with Gasteiger partial charge in [0.1, 0.15) is 11.9 Å². The minimum atomic E-state index is -0.769. The Hall–Kier alpha value is -3.94. The number of ether oxygens (including phenoxy) is 1. The number of nitrogens with zero attached hydrogens (tertiary/aromatic N) is 6. The molecule has 1 atom stereocenters. The summed E-state index contributed by atoms with van der Waals surface area (Å²) in [5, 5.41) is 14.5. The number of rotatable bonds is 4. The molecular weight excluding hydrogens is 436 g/mol. The molecule has 3 aromatic rings. The van der Waals surface area contributed by atoms with E-state index in [9.17, 15) is 14.9 Å². The van der Waals surface area contributed by atoms with Gasteiger partial charge in [-0.25, -0.2) is 30.4 Å². The van der Waals surface area contributed by atoms with Crippen molar-refractivity contribution < 1.29 is 14.3 Å². The normalized spacial score (nSPS) is 15.1. The van der Waals surface area contributed by atoms with E-state index in [2.05, 4.69) is 32.0 Å². The molecule has 11 nitrogen and oxygen atoms in total. The molecule has 0 radical (unpaired) electrons. The van der Waals surface area contributed by atoms with Gasteiger partial charge in [0.15, 0.2) is 5.65 Å². The molecule has 1 saturated carbocycles. The maximum Gasteiger partial charge on any atom is 0.426 e. The minimum absolute atomic E-state index is 0.0351. The van der Waals surface area contributed by atoms with E-state index < -0.39 is 17.7 Å². The Morgan fingerprint density at radius 1 is 1.26 bits per heavy atom. The van der Waals surface area contributed by atoms with E-state index in [-0.39, 0.29) is 6.04 Å². The number of nitrogens with one attached hydrogen (secondary N) is 2. The number of carbonyl (C=O) groups is 2. The zero-order valence-corrected chi connectivity index (χ0v) is 19.5. The number of hydrazine groups is 1. The summed E-state index contributed by atoms with van der Waals surface area (Å²) in [4.78, 5) is 33.1. The number of carbonyl (C=O) groups excluding carboxylic acids is 2. The Kier molecular flexibility index (Phi) is 6.49. The predicted octanol–water partition coefficient (Wildman–Crippen LogP) is 3.94. The molecule has 0 bridgehead atoms. The van der Waals surface area contributed by atoms with Gasteiger partial charge in [-0.05, 0) is 45.6 Å². The Bertz CT molecular complexity index is 1230. The molecule has 178 valence electrons. The number of nitriles is 1. The minimum Gasteiger partial charge on any atom is -0.443 e. The van der Waals surface area contributed by atoms with Crippen molar-refractivity contribution in [2.75, 3.05) is 0 Å². The molecule has 1 fully saturated rings. The Morgan fingerprint density at radius 2 is 2.03 bits per heavy atom. The molecule has 11 heteroatoms. The van der Waals surface area contributed by atoms with Gasteiger partial charge < -0.3 is 4.74 Å². The van der Waals surface area contributed by atoms with E-state index >= 15 is 0 Å². The highest BCUT2D eigenvalue weighted by atomic mass is 16.6. The second-order valence-corrected chi connectivity index (χ2v) is 9.39. The van der Waals surface area contributed by atoms with Crippen molar-refractivity contribution in [3.63, 3.8) is 0 Å². The molecule has 34 heavy (non-hydrogen) atoms. The first-order valence-electron chi connectivity index (χ1n) is 11.3. The Balaban J connectivity index is 1.55. The number of hydrogen-bond acceptors (Lipinski definition) is 7. The first kappa shape index (κ1) is 23.2. The molecule has 0 saturated heterocycles. The average Bonchev–Trinajstić information content (AvgIpc) is 3.55. The zero-order valence-electron chi connectivity index (χ0n) is 19.5. The fourth-order valence-electron chi connectivity index (χ4n) is 4.37. The van der Waals surface area contributed by atoms with Gasteiger partial charge in [-0.1, -0.05) is 12.8 Å². The second kappa shape index (κ2) is 9.51. The van der Waals surface area contributed by atoms with Crippen LogP contribution in [-0.2, 0) is 4.74 Å². The van der Waals surface area contributed by atoms with E-state index in [0.717, 1.165) is 18.4 Å². The Morgan fingerprint density at radius 3 is 2.74 bits per heavy atom. The van der Waals surface area contributed by atoms with Gasteiger partial charge in [-0.2, -0.15) is 10.4 Å². The molecule has 3 heterocycles. The molecule has 0 aliphatic heterocycles. The lowest BCUT2D eigenvalue weighted by Crippen LogP contribution is -2.45. The SMILES string of the molecule is CC(C)(C)OC(=O)NNC(=O)n1ccc2c(-c3cnn(C(CC#N)C4CCCC4)c3)ncnc21. The summed E-state index contributed by atoms with van der Waals surface area (Å²) in [6.07, 6.45) is 10.8. The van der Waals surface area contributed by atoms with Gasteiger partial charge in [0, 0.05) is 23.3 Å². The highest BCUT2D eigenvalue weighted by molar-refractivity contribution is 5.96. The lowest BCUT2D eigenvalue weighted by atomic mass is 9.96. The summed E-state index contributed by atoms with van der Waals surface area (Å²) in [6, 6.07) is 3.47. The van der Waals surface area contributed by atoms with E-state index in [1.165, 1.54) is 23.7 Å². The van der Waals surface area contributed by atoms with Crippen LogP contribution in [-0.4, -0.2) is 42.0 Å². The van der Waals surface area contributed by atoms with Crippen molar-refractivity contribution >= 4 is 23.2 Å². The quantitative estimate of drug-likeness (QED) is 0.557. The highest BCUT2D eigenvalue weighted by Gasteiger charge is 2.27. The second-order valence-electron chi connectivity index (χ2n) is 9.39. The van der Waals surface area contributed by atoms with E-state index in [0.29, 0.717) is 29.1 Å². The van der Waals surface area contributed by atoms with Crippen molar-refractivity contribution in [3.05, 3.63) is 31.0 Å². The van der Waals surface area contributed by atoms with Gasteiger partial charge in [0.25, 0.3) is 0 Å². The Labute approximate surface area is 197 Å². The summed E-state index contributed by atoms with van der Waals surface area (Å²) < 4.78 is 8.27. The van der Waals surface area contributed by atoms with Crippen molar-refractivity contribution in [1.82, 2.24) is 35.2 Å². The summed E-state index contributed by atoms with van der Waals surface area (Å²) in [5.74, 6) is 0.445. The van der Waals surface area contributed by atoms with E-state index in [4.69, 9.17) is 4.74 Å².